The van der Waals surface area contributed by atoms with Crippen LogP contribution in [0.5, 0.6) is 0 Å². The van der Waals surface area contributed by atoms with E-state index in [4.69, 9.17) is 9.47 Å². The highest BCUT2D eigenvalue weighted by molar-refractivity contribution is 5.96. The molecule has 52 heavy (non-hydrogen) atoms. The van der Waals surface area contributed by atoms with Crippen molar-refractivity contribution in [2.75, 3.05) is 27.2 Å². The van der Waals surface area contributed by atoms with Gasteiger partial charge in [-0.1, -0.05) is 70.5 Å². The van der Waals surface area contributed by atoms with Crippen molar-refractivity contribution in [3.63, 3.8) is 0 Å². The lowest BCUT2D eigenvalue weighted by atomic mass is 9.98. The van der Waals surface area contributed by atoms with E-state index in [1.54, 1.807) is 32.1 Å². The molecule has 0 saturated heterocycles. The van der Waals surface area contributed by atoms with Gasteiger partial charge in [0.15, 0.2) is 6.10 Å². The van der Waals surface area contributed by atoms with Crippen LogP contribution in [-0.2, 0) is 49.5 Å². The van der Waals surface area contributed by atoms with Crippen LogP contribution in [0.4, 0.5) is 0 Å². The van der Waals surface area contributed by atoms with Crippen LogP contribution in [0.15, 0.2) is 42.0 Å². The number of cyclic esters (lactones) is 2. The van der Waals surface area contributed by atoms with Gasteiger partial charge in [-0.15, -0.1) is 0 Å². The minimum Gasteiger partial charge on any atom is -0.464 e. The first-order chi connectivity index (χ1) is 24.5. The molecular weight excluding hydrogens is 670 g/mol. The summed E-state index contributed by atoms with van der Waals surface area (Å²) in [5.41, 5.74) is 1.01. The molecule has 6 atom stereocenters. The monoisotopic (exact) mass is 727 g/mol. The molecule has 0 spiro atoms. The summed E-state index contributed by atoms with van der Waals surface area (Å²) in [5, 5.41) is 7.98. The van der Waals surface area contributed by atoms with E-state index in [1.165, 1.54) is 37.7 Å². The fraction of sp³-hybridized carbons (Fsp3) is 0.605. The topological polar surface area (TPSA) is 181 Å². The third kappa shape index (κ3) is 13.4. The second-order valence-corrected chi connectivity index (χ2v) is 14.0. The Morgan fingerprint density at radius 1 is 0.865 bits per heavy atom. The smallest absolute Gasteiger partial charge is 0.334 e. The molecule has 5 amide bonds. The summed E-state index contributed by atoms with van der Waals surface area (Å²) >= 11 is 0. The van der Waals surface area contributed by atoms with E-state index in [0.29, 0.717) is 19.3 Å². The van der Waals surface area contributed by atoms with Crippen molar-refractivity contribution in [3.05, 3.63) is 47.5 Å². The Kier molecular flexibility index (Phi) is 17.5. The Balaban J connectivity index is 2.48. The average Bonchev–Trinajstić information content (AvgIpc) is 3.10. The number of carbonyl (C=O) groups excluding carboxylic acids is 7. The summed E-state index contributed by atoms with van der Waals surface area (Å²) in [6, 6.07) is 4.86. The van der Waals surface area contributed by atoms with E-state index < -0.39 is 78.3 Å². The quantitative estimate of drug-likeness (QED) is 0.371. The van der Waals surface area contributed by atoms with Gasteiger partial charge >= 0.3 is 11.9 Å². The molecule has 1 heterocycles. The van der Waals surface area contributed by atoms with E-state index in [2.05, 4.69) is 16.0 Å². The third-order valence-electron chi connectivity index (χ3n) is 8.98. The molecule has 2 unspecified atom stereocenters. The molecular formula is C38H57N5O9. The van der Waals surface area contributed by atoms with E-state index >= 15 is 0 Å². The summed E-state index contributed by atoms with van der Waals surface area (Å²) in [6.07, 6.45) is 2.02. The predicted octanol–water partition coefficient (Wildman–Crippen LogP) is 2.30. The number of hydrogen-bond donors (Lipinski definition) is 3. The zero-order valence-electron chi connectivity index (χ0n) is 32.0. The number of benzene rings is 1. The van der Waals surface area contributed by atoms with Gasteiger partial charge in [-0.2, -0.15) is 0 Å². The Hall–Kier alpha value is -4.75. The highest BCUT2D eigenvalue weighted by Gasteiger charge is 2.35. The number of esters is 2. The van der Waals surface area contributed by atoms with Crippen molar-refractivity contribution in [2.45, 2.75) is 111 Å². The van der Waals surface area contributed by atoms with Crippen LogP contribution in [0.25, 0.3) is 0 Å². The van der Waals surface area contributed by atoms with Crippen LogP contribution in [0.2, 0.25) is 0 Å². The van der Waals surface area contributed by atoms with Gasteiger partial charge in [0, 0.05) is 26.1 Å². The van der Waals surface area contributed by atoms with Crippen LogP contribution in [0, 0.1) is 11.8 Å². The second kappa shape index (κ2) is 20.9. The first-order valence-corrected chi connectivity index (χ1v) is 18.0. The molecule has 14 heteroatoms. The summed E-state index contributed by atoms with van der Waals surface area (Å²) in [7, 11) is 2.87. The Bertz CT molecular complexity index is 1450. The molecule has 1 aromatic rings. The molecule has 0 saturated carbocycles. The summed E-state index contributed by atoms with van der Waals surface area (Å²) in [5.74, 6) is -4.68. The molecule has 0 radical (unpaired) electrons. The third-order valence-corrected chi connectivity index (χ3v) is 8.98. The number of amides is 5. The van der Waals surface area contributed by atoms with Crippen LogP contribution in [-0.4, -0.2) is 109 Å². The van der Waals surface area contributed by atoms with Crippen molar-refractivity contribution >= 4 is 41.5 Å². The van der Waals surface area contributed by atoms with Gasteiger partial charge < -0.3 is 35.2 Å². The summed E-state index contributed by atoms with van der Waals surface area (Å²) in [6.45, 7) is 11.5. The van der Waals surface area contributed by atoms with Gasteiger partial charge in [0.1, 0.15) is 24.2 Å². The minimum absolute atomic E-state index is 0.0216. The van der Waals surface area contributed by atoms with Crippen LogP contribution >= 0.6 is 0 Å². The second-order valence-electron chi connectivity index (χ2n) is 14.0. The predicted molar refractivity (Wildman–Crippen MR) is 194 cm³/mol. The van der Waals surface area contributed by atoms with Crippen molar-refractivity contribution < 1.29 is 43.0 Å². The van der Waals surface area contributed by atoms with Crippen molar-refractivity contribution in [1.82, 2.24) is 25.8 Å². The van der Waals surface area contributed by atoms with Gasteiger partial charge in [-0.05, 0) is 57.4 Å². The number of allylic oxidation sites excluding steroid dienone is 1. The lowest BCUT2D eigenvalue weighted by molar-refractivity contribution is -0.154. The first-order valence-electron chi connectivity index (χ1n) is 18.0. The molecule has 1 aliphatic rings. The van der Waals surface area contributed by atoms with Gasteiger partial charge in [0.2, 0.25) is 23.6 Å². The molecule has 0 bridgehead atoms. The number of nitrogens with one attached hydrogen (secondary N) is 3. The first kappa shape index (κ1) is 43.4. The Morgan fingerprint density at radius 3 is 2.12 bits per heavy atom. The summed E-state index contributed by atoms with van der Waals surface area (Å²) < 4.78 is 10.9. The van der Waals surface area contributed by atoms with Gasteiger partial charge in [-0.25, -0.2) is 9.59 Å². The Morgan fingerprint density at radius 2 is 1.50 bits per heavy atom. The van der Waals surface area contributed by atoms with E-state index in [1.807, 2.05) is 39.0 Å². The highest BCUT2D eigenvalue weighted by Crippen LogP contribution is 2.16. The lowest BCUT2D eigenvalue weighted by Gasteiger charge is -2.33. The number of hydrogen-bond acceptors (Lipinski definition) is 9. The number of carbonyl (C=O) groups is 7. The number of likely N-dealkylation sites (N-methyl/N-ethyl adjacent to an activating group) is 2. The number of ether oxygens (including phenoxy) is 2. The normalized spacial score (nSPS) is 26.2. The van der Waals surface area contributed by atoms with E-state index in [9.17, 15) is 33.6 Å². The lowest BCUT2D eigenvalue weighted by Crippen LogP contribution is -2.57. The molecule has 0 aliphatic carbocycles. The van der Waals surface area contributed by atoms with Crippen molar-refractivity contribution in [3.8, 4) is 0 Å². The maximum Gasteiger partial charge on any atom is 0.334 e. The maximum atomic E-state index is 14.0. The fourth-order valence-electron chi connectivity index (χ4n) is 5.53. The Labute approximate surface area is 307 Å². The minimum atomic E-state index is -1.19. The molecule has 14 nitrogen and oxygen atoms in total. The zero-order chi connectivity index (χ0) is 39.1. The van der Waals surface area contributed by atoms with Crippen LogP contribution < -0.4 is 16.0 Å². The number of rotatable bonds is 6. The van der Waals surface area contributed by atoms with Gasteiger partial charge in [-0.3, -0.25) is 24.0 Å². The van der Waals surface area contributed by atoms with Crippen LogP contribution in [0.1, 0.15) is 79.7 Å². The van der Waals surface area contributed by atoms with Gasteiger partial charge in [0.25, 0.3) is 5.91 Å². The standard InChI is InChI=1S/C38H57N5O9/c1-10-24(4)32-34(46)40-27(7)38(50)51-19-15-14-16-25(5)37(49)52-30(20-23(2)3)33(45)39-26(6)35(47)43(9)29(21-28-17-12-11-13-18-28)36(48)42(8)22-31(44)41-32/h11-13,16-18,23-24,26-27,29-30,32H,10,14-15,19-22H2,1-9H3,(H,39,45)(H,40,46)(H,41,44)/b25-16+/t24?,26-,27-,29+,30+,32?/m0/s1. The highest BCUT2D eigenvalue weighted by atomic mass is 16.5. The summed E-state index contributed by atoms with van der Waals surface area (Å²) in [4.78, 5) is 95.9. The van der Waals surface area contributed by atoms with Crippen molar-refractivity contribution in [2.24, 2.45) is 11.8 Å². The largest absolute Gasteiger partial charge is 0.464 e. The molecule has 1 aliphatic heterocycles. The van der Waals surface area contributed by atoms with Crippen molar-refractivity contribution in [1.29, 1.82) is 0 Å². The molecule has 3 N–H and O–H groups in total. The maximum absolute atomic E-state index is 14.0. The zero-order valence-corrected chi connectivity index (χ0v) is 32.0. The average molecular weight is 728 g/mol. The SMILES string of the molecule is CCC(C)C1NC(=O)CN(C)C(=O)[C@@H](Cc2ccccc2)N(C)C(=O)[C@H](C)NC(=O)[C@@H](CC(C)C)OC(=O)/C(C)=C/CCCOC(=O)[C@H](C)NC1=O. The molecule has 1 aromatic carbocycles. The molecule has 0 aromatic heterocycles. The van der Waals surface area contributed by atoms with E-state index in [0.717, 1.165) is 5.56 Å². The molecule has 0 fully saturated rings. The van der Waals surface area contributed by atoms with Gasteiger partial charge in [0.05, 0.1) is 13.2 Å². The number of nitrogens with zero attached hydrogens (tertiary/aromatic N) is 2. The fourth-order valence-corrected chi connectivity index (χ4v) is 5.53. The molecule has 2 rings (SSSR count). The molecule has 288 valence electrons. The van der Waals surface area contributed by atoms with Crippen LogP contribution in [0.3, 0.4) is 0 Å². The van der Waals surface area contributed by atoms with E-state index in [-0.39, 0.29) is 36.9 Å².